The number of aryl methyl sites for hydroxylation is 2. The van der Waals surface area contributed by atoms with E-state index in [4.69, 9.17) is 16.0 Å². The monoisotopic (exact) mass is 371 g/mol. The lowest BCUT2D eigenvalue weighted by molar-refractivity contribution is 0.103. The third-order valence-corrected chi connectivity index (χ3v) is 4.51. The fraction of sp³-hybridized carbons (Fsp3) is 0.100. The molecule has 25 heavy (non-hydrogen) atoms. The van der Waals surface area contributed by atoms with Crippen LogP contribution >= 0.6 is 24.0 Å². The van der Waals surface area contributed by atoms with Crippen LogP contribution in [-0.4, -0.2) is 10.8 Å². The molecule has 0 spiro atoms. The van der Waals surface area contributed by atoms with E-state index < -0.39 is 0 Å². The van der Waals surface area contributed by atoms with Crippen molar-refractivity contribution in [2.24, 2.45) is 0 Å². The number of halogens is 2. The number of hydrogen-bond donors (Lipinski definition) is 0. The van der Waals surface area contributed by atoms with Gasteiger partial charge in [-0.25, -0.2) is 4.98 Å². The van der Waals surface area contributed by atoms with Crippen LogP contribution in [0, 0.1) is 13.8 Å². The van der Waals surface area contributed by atoms with E-state index in [9.17, 15) is 4.79 Å². The second-order valence-corrected chi connectivity index (χ2v) is 6.25. The highest BCUT2D eigenvalue weighted by molar-refractivity contribution is 6.30. The van der Waals surface area contributed by atoms with Gasteiger partial charge < -0.3 is 4.42 Å². The summed E-state index contributed by atoms with van der Waals surface area (Å²) < 4.78 is 5.95. The first-order valence-corrected chi connectivity index (χ1v) is 8.03. The number of furan rings is 1. The van der Waals surface area contributed by atoms with E-state index in [2.05, 4.69) is 4.98 Å². The van der Waals surface area contributed by atoms with Gasteiger partial charge in [-0.1, -0.05) is 23.7 Å². The van der Waals surface area contributed by atoms with Crippen LogP contribution in [0.5, 0.6) is 0 Å². The maximum absolute atomic E-state index is 12.9. The average molecular weight is 372 g/mol. The maximum Gasteiger partial charge on any atom is 0.195 e. The predicted octanol–water partition coefficient (Wildman–Crippen LogP) is 5.90. The SMILES string of the molecule is Cc1nc2c(oc3ccccc32)c(C)c1C(=O)c1ccc(Cl)cc1.Cl. The zero-order chi connectivity index (χ0) is 16.8. The second kappa shape index (κ2) is 6.51. The predicted molar refractivity (Wildman–Crippen MR) is 103 cm³/mol. The molecular formula is C20H15Cl2NO2. The fourth-order valence-corrected chi connectivity index (χ4v) is 3.21. The first-order chi connectivity index (χ1) is 11.6. The van der Waals surface area contributed by atoms with E-state index >= 15 is 0 Å². The summed E-state index contributed by atoms with van der Waals surface area (Å²) in [6.45, 7) is 3.76. The van der Waals surface area contributed by atoms with Gasteiger partial charge in [0, 0.05) is 27.2 Å². The van der Waals surface area contributed by atoms with Crippen molar-refractivity contribution in [3.05, 3.63) is 75.9 Å². The third-order valence-electron chi connectivity index (χ3n) is 4.26. The molecule has 0 aliphatic carbocycles. The van der Waals surface area contributed by atoms with E-state index in [0.717, 1.165) is 22.0 Å². The van der Waals surface area contributed by atoms with Crippen LogP contribution in [0.25, 0.3) is 22.1 Å². The van der Waals surface area contributed by atoms with Gasteiger partial charge in [0.15, 0.2) is 11.4 Å². The molecule has 4 aromatic rings. The minimum Gasteiger partial charge on any atom is -0.454 e. The molecule has 0 atom stereocenters. The molecular weight excluding hydrogens is 357 g/mol. The molecule has 3 nitrogen and oxygen atoms in total. The van der Waals surface area contributed by atoms with Gasteiger partial charge in [-0.2, -0.15) is 0 Å². The van der Waals surface area contributed by atoms with Gasteiger partial charge >= 0.3 is 0 Å². The highest BCUT2D eigenvalue weighted by Crippen LogP contribution is 2.32. The minimum atomic E-state index is -0.0727. The van der Waals surface area contributed by atoms with Crippen molar-refractivity contribution in [1.29, 1.82) is 0 Å². The van der Waals surface area contributed by atoms with Crippen LogP contribution in [-0.2, 0) is 0 Å². The third kappa shape index (κ3) is 2.80. The van der Waals surface area contributed by atoms with Gasteiger partial charge in [0.05, 0.1) is 5.56 Å². The van der Waals surface area contributed by atoms with Gasteiger partial charge in [0.25, 0.3) is 0 Å². The van der Waals surface area contributed by atoms with Gasteiger partial charge in [-0.3, -0.25) is 4.79 Å². The zero-order valence-electron chi connectivity index (χ0n) is 13.7. The summed E-state index contributed by atoms with van der Waals surface area (Å²) in [5.41, 5.74) is 4.93. The van der Waals surface area contributed by atoms with Crippen molar-refractivity contribution in [1.82, 2.24) is 4.98 Å². The summed E-state index contributed by atoms with van der Waals surface area (Å²) in [5.74, 6) is -0.0727. The lowest BCUT2D eigenvalue weighted by Crippen LogP contribution is -2.08. The summed E-state index contributed by atoms with van der Waals surface area (Å²) in [6.07, 6.45) is 0. The number of aromatic nitrogens is 1. The van der Waals surface area contributed by atoms with Crippen molar-refractivity contribution in [2.75, 3.05) is 0 Å². The number of para-hydroxylation sites is 1. The number of carbonyl (C=O) groups excluding carboxylic acids is 1. The largest absolute Gasteiger partial charge is 0.454 e. The molecule has 126 valence electrons. The van der Waals surface area contributed by atoms with Gasteiger partial charge in [0.2, 0.25) is 0 Å². The van der Waals surface area contributed by atoms with Crippen LogP contribution in [0.4, 0.5) is 0 Å². The van der Waals surface area contributed by atoms with Crippen molar-refractivity contribution >= 4 is 51.9 Å². The number of rotatable bonds is 2. The molecule has 0 fully saturated rings. The maximum atomic E-state index is 12.9. The summed E-state index contributed by atoms with van der Waals surface area (Å²) in [5, 5.41) is 1.56. The fourth-order valence-electron chi connectivity index (χ4n) is 3.09. The zero-order valence-corrected chi connectivity index (χ0v) is 15.2. The van der Waals surface area contributed by atoms with Crippen LogP contribution in [0.15, 0.2) is 52.9 Å². The Morgan fingerprint density at radius 2 is 1.72 bits per heavy atom. The second-order valence-electron chi connectivity index (χ2n) is 5.81. The van der Waals surface area contributed by atoms with E-state index in [0.29, 0.717) is 27.4 Å². The first-order valence-electron chi connectivity index (χ1n) is 7.65. The van der Waals surface area contributed by atoms with Crippen LogP contribution in [0.2, 0.25) is 5.02 Å². The highest BCUT2D eigenvalue weighted by atomic mass is 35.5. The Hall–Kier alpha value is -2.36. The summed E-state index contributed by atoms with van der Waals surface area (Å²) in [6, 6.07) is 14.7. The summed E-state index contributed by atoms with van der Waals surface area (Å²) >= 11 is 5.91. The summed E-state index contributed by atoms with van der Waals surface area (Å²) in [7, 11) is 0. The Morgan fingerprint density at radius 3 is 2.44 bits per heavy atom. The van der Waals surface area contributed by atoms with Crippen LogP contribution < -0.4 is 0 Å². The minimum absolute atomic E-state index is 0. The molecule has 2 heterocycles. The Labute approximate surface area is 156 Å². The van der Waals surface area contributed by atoms with Crippen LogP contribution in [0.3, 0.4) is 0 Å². The van der Waals surface area contributed by atoms with E-state index in [1.807, 2.05) is 38.1 Å². The van der Waals surface area contributed by atoms with Gasteiger partial charge in [-0.05, 0) is 50.2 Å². The average Bonchev–Trinajstić information content (AvgIpc) is 2.94. The molecule has 4 rings (SSSR count). The molecule has 2 aromatic carbocycles. The molecule has 0 bridgehead atoms. The standard InChI is InChI=1S/C20H14ClNO2.ClH/c1-11-17(19(23)13-7-9-14(21)10-8-13)12(2)22-18-15-5-3-4-6-16(15)24-20(11)18;/h3-10H,1-2H3;1H. The number of fused-ring (bicyclic) bond motifs is 3. The first kappa shape index (κ1) is 17.5. The lowest BCUT2D eigenvalue weighted by Gasteiger charge is -2.09. The Morgan fingerprint density at radius 1 is 1.04 bits per heavy atom. The number of hydrogen-bond acceptors (Lipinski definition) is 3. The topological polar surface area (TPSA) is 43.1 Å². The van der Waals surface area contributed by atoms with E-state index in [1.54, 1.807) is 24.3 Å². The van der Waals surface area contributed by atoms with Gasteiger partial charge in [0.1, 0.15) is 11.1 Å². The molecule has 0 unspecified atom stereocenters. The number of benzene rings is 2. The molecule has 2 aromatic heterocycles. The highest BCUT2D eigenvalue weighted by Gasteiger charge is 2.21. The number of ketones is 1. The van der Waals surface area contributed by atoms with E-state index in [1.165, 1.54) is 0 Å². The van der Waals surface area contributed by atoms with Crippen molar-refractivity contribution in [2.45, 2.75) is 13.8 Å². The smallest absolute Gasteiger partial charge is 0.195 e. The molecule has 0 saturated heterocycles. The Bertz CT molecular complexity index is 1100. The lowest BCUT2D eigenvalue weighted by atomic mass is 9.97. The normalized spacial score (nSPS) is 10.8. The van der Waals surface area contributed by atoms with Crippen molar-refractivity contribution < 1.29 is 9.21 Å². The molecule has 5 heteroatoms. The van der Waals surface area contributed by atoms with E-state index in [-0.39, 0.29) is 18.2 Å². The number of carbonyl (C=O) groups is 1. The van der Waals surface area contributed by atoms with Crippen LogP contribution in [0.1, 0.15) is 27.2 Å². The quantitative estimate of drug-likeness (QED) is 0.411. The molecule has 0 radical (unpaired) electrons. The van der Waals surface area contributed by atoms with Gasteiger partial charge in [-0.15, -0.1) is 12.4 Å². The summed E-state index contributed by atoms with van der Waals surface area (Å²) in [4.78, 5) is 17.6. The Kier molecular flexibility index (Phi) is 4.55. The molecule has 0 aliphatic rings. The molecule has 0 amide bonds. The molecule has 0 aliphatic heterocycles. The molecule has 0 N–H and O–H groups in total. The van der Waals surface area contributed by atoms with Crippen molar-refractivity contribution in [3.63, 3.8) is 0 Å². The Balaban J connectivity index is 0.00000182. The van der Waals surface area contributed by atoms with Crippen molar-refractivity contribution in [3.8, 4) is 0 Å². The molecule has 0 saturated carbocycles. The number of pyridine rings is 1. The number of nitrogens with zero attached hydrogens (tertiary/aromatic N) is 1.